The van der Waals surface area contributed by atoms with Crippen molar-refractivity contribution in [1.82, 2.24) is 14.8 Å². The zero-order valence-corrected chi connectivity index (χ0v) is 18.7. The first-order valence-electron chi connectivity index (χ1n) is 11.4. The molecule has 0 saturated carbocycles. The van der Waals surface area contributed by atoms with E-state index in [1.165, 1.54) is 6.07 Å². The summed E-state index contributed by atoms with van der Waals surface area (Å²) in [5, 5.41) is 0. The number of halogens is 3. The molecule has 0 spiro atoms. The maximum atomic E-state index is 13.0. The lowest BCUT2D eigenvalue weighted by molar-refractivity contribution is -0.139. The van der Waals surface area contributed by atoms with Gasteiger partial charge in [0.2, 0.25) is 11.8 Å². The molecular formula is C25H27F3N4O2. The quantitative estimate of drug-likeness (QED) is 0.637. The Bertz CT molecular complexity index is 1010. The van der Waals surface area contributed by atoms with Gasteiger partial charge in [0.05, 0.1) is 5.56 Å². The fourth-order valence-corrected chi connectivity index (χ4v) is 4.34. The Labute approximate surface area is 196 Å². The van der Waals surface area contributed by atoms with Crippen molar-refractivity contribution in [3.63, 3.8) is 0 Å². The van der Waals surface area contributed by atoms with Crippen LogP contribution in [-0.2, 0) is 15.8 Å². The average Bonchev–Trinajstić information content (AvgIpc) is 2.87. The summed E-state index contributed by atoms with van der Waals surface area (Å²) in [6.07, 6.45) is 1.07. The number of likely N-dealkylation sites (tertiary alicyclic amines) is 1. The van der Waals surface area contributed by atoms with Crippen LogP contribution in [0, 0.1) is 5.92 Å². The second-order valence-corrected chi connectivity index (χ2v) is 8.56. The zero-order valence-electron chi connectivity index (χ0n) is 18.7. The fraction of sp³-hybridized carbons (Fsp3) is 0.400. The molecule has 2 aromatic rings. The van der Waals surface area contributed by atoms with Crippen LogP contribution in [0.4, 0.5) is 19.0 Å². The van der Waals surface area contributed by atoms with Gasteiger partial charge in [0.1, 0.15) is 5.82 Å². The van der Waals surface area contributed by atoms with Gasteiger partial charge in [-0.2, -0.15) is 13.2 Å². The van der Waals surface area contributed by atoms with Crippen LogP contribution >= 0.6 is 0 Å². The summed E-state index contributed by atoms with van der Waals surface area (Å²) in [7, 11) is 0. The van der Waals surface area contributed by atoms with E-state index >= 15 is 0 Å². The maximum Gasteiger partial charge on any atom is 0.417 e. The summed E-state index contributed by atoms with van der Waals surface area (Å²) < 4.78 is 38.2. The molecule has 3 heterocycles. The van der Waals surface area contributed by atoms with E-state index in [1.54, 1.807) is 17.1 Å². The highest BCUT2D eigenvalue weighted by molar-refractivity contribution is 5.92. The molecule has 2 aliphatic rings. The van der Waals surface area contributed by atoms with Crippen molar-refractivity contribution in [3.05, 3.63) is 65.9 Å². The molecule has 4 rings (SSSR count). The van der Waals surface area contributed by atoms with E-state index < -0.39 is 11.7 Å². The van der Waals surface area contributed by atoms with Gasteiger partial charge in [0.15, 0.2) is 0 Å². The largest absolute Gasteiger partial charge is 0.417 e. The summed E-state index contributed by atoms with van der Waals surface area (Å²) in [6, 6.07) is 12.0. The third kappa shape index (κ3) is 5.76. The number of piperidine rings is 1. The molecule has 2 amide bonds. The number of carbonyl (C=O) groups is 2. The van der Waals surface area contributed by atoms with Crippen molar-refractivity contribution >= 4 is 23.7 Å². The number of rotatable bonds is 4. The number of hydrogen-bond donors (Lipinski definition) is 0. The Kier molecular flexibility index (Phi) is 7.19. The summed E-state index contributed by atoms with van der Waals surface area (Å²) in [6.45, 7) is 3.13. The maximum absolute atomic E-state index is 13.0. The Morgan fingerprint density at radius 3 is 2.15 bits per heavy atom. The molecule has 6 nitrogen and oxygen atoms in total. The van der Waals surface area contributed by atoms with Gasteiger partial charge in [-0.05, 0) is 36.6 Å². The third-order valence-electron chi connectivity index (χ3n) is 6.36. The molecule has 9 heteroatoms. The molecule has 2 fully saturated rings. The highest BCUT2D eigenvalue weighted by atomic mass is 19.4. The number of pyridine rings is 1. The molecule has 1 aromatic heterocycles. The van der Waals surface area contributed by atoms with E-state index in [2.05, 4.69) is 4.98 Å². The lowest BCUT2D eigenvalue weighted by Gasteiger charge is -2.38. The van der Waals surface area contributed by atoms with Crippen LogP contribution in [0.5, 0.6) is 0 Å². The standard InChI is InChI=1S/C25H27F3N4O2/c26-25(27,28)21-7-8-22(29-18-21)30-14-16-32(17-15-30)24(34)20-10-12-31(13-11-20)23(33)9-6-19-4-2-1-3-5-19/h1-9,18,20H,10-17H2/b9-6+. The Balaban J connectivity index is 1.23. The Morgan fingerprint density at radius 2 is 1.56 bits per heavy atom. The van der Waals surface area contributed by atoms with E-state index in [0.29, 0.717) is 57.9 Å². The minimum Gasteiger partial charge on any atom is -0.353 e. The van der Waals surface area contributed by atoms with Crippen LogP contribution in [0.15, 0.2) is 54.7 Å². The minimum absolute atomic E-state index is 0.0487. The molecule has 0 radical (unpaired) electrons. The van der Waals surface area contributed by atoms with Crippen molar-refractivity contribution in [1.29, 1.82) is 0 Å². The van der Waals surface area contributed by atoms with Crippen molar-refractivity contribution in [2.75, 3.05) is 44.2 Å². The minimum atomic E-state index is -4.41. The van der Waals surface area contributed by atoms with Crippen molar-refractivity contribution in [2.45, 2.75) is 19.0 Å². The summed E-state index contributed by atoms with van der Waals surface area (Å²) >= 11 is 0. The number of benzene rings is 1. The van der Waals surface area contributed by atoms with E-state index in [-0.39, 0.29) is 17.7 Å². The molecule has 0 bridgehead atoms. The van der Waals surface area contributed by atoms with Gasteiger partial charge in [-0.3, -0.25) is 9.59 Å². The first kappa shape index (κ1) is 23.8. The van der Waals surface area contributed by atoms with Gasteiger partial charge in [0.25, 0.3) is 0 Å². The number of hydrogen-bond acceptors (Lipinski definition) is 4. The molecule has 2 aliphatic heterocycles. The molecule has 0 unspecified atom stereocenters. The smallest absolute Gasteiger partial charge is 0.353 e. The van der Waals surface area contributed by atoms with Crippen LogP contribution in [-0.4, -0.2) is 65.9 Å². The molecular weight excluding hydrogens is 445 g/mol. The molecule has 1 aromatic carbocycles. The first-order chi connectivity index (χ1) is 16.3. The molecule has 2 saturated heterocycles. The number of alkyl halides is 3. The van der Waals surface area contributed by atoms with E-state index in [4.69, 9.17) is 0 Å². The predicted octanol–water partition coefficient (Wildman–Crippen LogP) is 3.70. The van der Waals surface area contributed by atoms with Gasteiger partial charge < -0.3 is 14.7 Å². The van der Waals surface area contributed by atoms with Gasteiger partial charge in [-0.1, -0.05) is 30.3 Å². The van der Waals surface area contributed by atoms with Crippen LogP contribution in [0.2, 0.25) is 0 Å². The average molecular weight is 473 g/mol. The van der Waals surface area contributed by atoms with Gasteiger partial charge in [-0.25, -0.2) is 4.98 Å². The third-order valence-corrected chi connectivity index (χ3v) is 6.36. The topological polar surface area (TPSA) is 56.8 Å². The normalized spacial score (nSPS) is 17.9. The second kappa shape index (κ2) is 10.3. The number of amides is 2. The molecule has 34 heavy (non-hydrogen) atoms. The van der Waals surface area contributed by atoms with Crippen molar-refractivity contribution in [2.24, 2.45) is 5.92 Å². The Hall–Kier alpha value is -3.36. The van der Waals surface area contributed by atoms with Crippen LogP contribution in [0.1, 0.15) is 24.0 Å². The zero-order chi connectivity index (χ0) is 24.1. The number of nitrogens with zero attached hydrogens (tertiary/aromatic N) is 4. The summed E-state index contributed by atoms with van der Waals surface area (Å²) in [4.78, 5) is 34.9. The number of anilines is 1. The van der Waals surface area contributed by atoms with Crippen LogP contribution in [0.3, 0.4) is 0 Å². The van der Waals surface area contributed by atoms with E-state index in [1.807, 2.05) is 40.1 Å². The van der Waals surface area contributed by atoms with Crippen molar-refractivity contribution < 1.29 is 22.8 Å². The molecule has 0 atom stereocenters. The second-order valence-electron chi connectivity index (χ2n) is 8.56. The monoisotopic (exact) mass is 472 g/mol. The van der Waals surface area contributed by atoms with Gasteiger partial charge in [0, 0.05) is 57.5 Å². The SMILES string of the molecule is O=C(/C=C/c1ccccc1)N1CCC(C(=O)N2CCN(c3ccc(C(F)(F)F)cn3)CC2)CC1. The highest BCUT2D eigenvalue weighted by Gasteiger charge is 2.33. The van der Waals surface area contributed by atoms with Crippen LogP contribution < -0.4 is 4.90 Å². The number of piperazine rings is 1. The molecule has 0 aliphatic carbocycles. The number of aromatic nitrogens is 1. The van der Waals surface area contributed by atoms with E-state index in [9.17, 15) is 22.8 Å². The lowest BCUT2D eigenvalue weighted by Crippen LogP contribution is -2.52. The first-order valence-corrected chi connectivity index (χ1v) is 11.4. The van der Waals surface area contributed by atoms with Gasteiger partial charge in [-0.15, -0.1) is 0 Å². The molecule has 180 valence electrons. The Morgan fingerprint density at radius 1 is 0.882 bits per heavy atom. The van der Waals surface area contributed by atoms with Crippen LogP contribution in [0.25, 0.3) is 6.08 Å². The van der Waals surface area contributed by atoms with E-state index in [0.717, 1.165) is 17.8 Å². The van der Waals surface area contributed by atoms with Crippen molar-refractivity contribution in [3.8, 4) is 0 Å². The highest BCUT2D eigenvalue weighted by Crippen LogP contribution is 2.29. The summed E-state index contributed by atoms with van der Waals surface area (Å²) in [5.74, 6) is 0.410. The predicted molar refractivity (Wildman–Crippen MR) is 123 cm³/mol. The number of carbonyl (C=O) groups excluding carboxylic acids is 2. The van der Waals surface area contributed by atoms with Gasteiger partial charge >= 0.3 is 6.18 Å². The fourth-order valence-electron chi connectivity index (χ4n) is 4.34. The lowest BCUT2D eigenvalue weighted by atomic mass is 9.95. The summed E-state index contributed by atoms with van der Waals surface area (Å²) in [5.41, 5.74) is 0.192. The molecule has 0 N–H and O–H groups in total.